The molecule has 1 aromatic heterocycles. The summed E-state index contributed by atoms with van der Waals surface area (Å²) in [6.07, 6.45) is 1.60. The first-order chi connectivity index (χ1) is 7.64. The quantitative estimate of drug-likeness (QED) is 0.737. The summed E-state index contributed by atoms with van der Waals surface area (Å²) in [7, 11) is 0. The molecular weight excluding hydrogens is 246 g/mol. The highest BCUT2D eigenvalue weighted by Crippen LogP contribution is 2.31. The molecule has 0 aliphatic carbocycles. The lowest BCUT2D eigenvalue weighted by molar-refractivity contribution is 0.0757. The molecule has 1 fully saturated rings. The van der Waals surface area contributed by atoms with Gasteiger partial charge in [0.15, 0.2) is 0 Å². The Labute approximate surface area is 104 Å². The number of β-amino-alcohol motifs (C(OH)–C–C–N with tert-alkyl or cyclic N) is 1. The van der Waals surface area contributed by atoms with E-state index in [1.807, 2.05) is 6.07 Å². The van der Waals surface area contributed by atoms with Gasteiger partial charge in [-0.2, -0.15) is 0 Å². The van der Waals surface area contributed by atoms with Crippen molar-refractivity contribution in [3.8, 4) is 0 Å². The first-order valence-corrected chi connectivity index (χ1v) is 6.31. The third-order valence-electron chi connectivity index (χ3n) is 2.68. The van der Waals surface area contributed by atoms with Crippen molar-refractivity contribution in [3.05, 3.63) is 23.4 Å². The Morgan fingerprint density at radius 2 is 2.50 bits per heavy atom. The molecule has 0 bridgehead atoms. The number of thioether (sulfide) groups is 1. The van der Waals surface area contributed by atoms with Crippen molar-refractivity contribution in [2.24, 2.45) is 5.73 Å². The minimum atomic E-state index is -0.841. The number of nitrogens with zero attached hydrogens (tertiary/aromatic N) is 1. The van der Waals surface area contributed by atoms with Crippen LogP contribution in [0.4, 0.5) is 0 Å². The lowest BCUT2D eigenvalue weighted by Gasteiger charge is -2.26. The number of rotatable bonds is 3. The van der Waals surface area contributed by atoms with Crippen LogP contribution in [0.2, 0.25) is 5.02 Å². The van der Waals surface area contributed by atoms with Gasteiger partial charge in [-0.1, -0.05) is 23.4 Å². The van der Waals surface area contributed by atoms with Gasteiger partial charge in [-0.3, -0.25) is 0 Å². The average Bonchev–Trinajstić information content (AvgIpc) is 2.65. The molecule has 16 heavy (non-hydrogen) atoms. The van der Waals surface area contributed by atoms with Crippen LogP contribution < -0.4 is 11.1 Å². The van der Waals surface area contributed by atoms with E-state index < -0.39 is 5.60 Å². The van der Waals surface area contributed by atoms with Crippen LogP contribution in [0.15, 0.2) is 23.4 Å². The van der Waals surface area contributed by atoms with Crippen LogP contribution in [0.3, 0.4) is 0 Å². The number of aromatic nitrogens is 1. The van der Waals surface area contributed by atoms with Crippen molar-refractivity contribution in [2.75, 3.05) is 19.6 Å². The van der Waals surface area contributed by atoms with Crippen LogP contribution in [0.1, 0.15) is 0 Å². The summed E-state index contributed by atoms with van der Waals surface area (Å²) in [6, 6.07) is 3.64. The van der Waals surface area contributed by atoms with Crippen LogP contribution in [0.25, 0.3) is 0 Å². The minimum absolute atomic E-state index is 0.0335. The van der Waals surface area contributed by atoms with Gasteiger partial charge in [0, 0.05) is 25.8 Å². The van der Waals surface area contributed by atoms with Crippen molar-refractivity contribution in [2.45, 2.75) is 15.9 Å². The van der Waals surface area contributed by atoms with Gasteiger partial charge < -0.3 is 16.2 Å². The second-order valence-corrected chi connectivity index (χ2v) is 5.52. The molecule has 2 atom stereocenters. The van der Waals surface area contributed by atoms with E-state index in [-0.39, 0.29) is 11.8 Å². The molecule has 2 heterocycles. The predicted molar refractivity (Wildman–Crippen MR) is 65.8 cm³/mol. The fourth-order valence-electron chi connectivity index (χ4n) is 1.66. The molecule has 0 aromatic carbocycles. The summed E-state index contributed by atoms with van der Waals surface area (Å²) in [5.41, 5.74) is 4.75. The zero-order chi connectivity index (χ0) is 11.6. The van der Waals surface area contributed by atoms with Crippen LogP contribution in [-0.2, 0) is 0 Å². The average molecular weight is 260 g/mol. The Hall–Kier alpha value is -0.330. The Morgan fingerprint density at radius 3 is 3.12 bits per heavy atom. The molecule has 4 N–H and O–H groups in total. The Bertz CT molecular complexity index is 362. The molecule has 0 unspecified atom stereocenters. The molecule has 0 radical (unpaired) electrons. The van der Waals surface area contributed by atoms with Gasteiger partial charge in [-0.15, -0.1) is 0 Å². The lowest BCUT2D eigenvalue weighted by atomic mass is 10.0. The predicted octanol–water partition coefficient (Wildman–Crippen LogP) is 0.489. The van der Waals surface area contributed by atoms with E-state index in [2.05, 4.69) is 10.3 Å². The van der Waals surface area contributed by atoms with Crippen molar-refractivity contribution < 1.29 is 5.11 Å². The molecule has 1 aliphatic rings. The van der Waals surface area contributed by atoms with Crippen molar-refractivity contribution in [1.29, 1.82) is 0 Å². The topological polar surface area (TPSA) is 71.2 Å². The summed E-state index contributed by atoms with van der Waals surface area (Å²) < 4.78 is 0. The van der Waals surface area contributed by atoms with E-state index in [1.54, 1.807) is 12.3 Å². The standard InChI is InChI=1S/C10H14ClN3OS/c11-7-1-2-9(14-3-7)16-8-4-13-6-10(8,15)5-12/h1-3,8,13,15H,4-6,12H2/t8-,10+/m0/s1. The number of hydrogen-bond acceptors (Lipinski definition) is 5. The van der Waals surface area contributed by atoms with E-state index in [1.165, 1.54) is 11.8 Å². The summed E-state index contributed by atoms with van der Waals surface area (Å²) in [5.74, 6) is 0. The third-order valence-corrected chi connectivity index (χ3v) is 4.27. The number of pyridine rings is 1. The number of halogens is 1. The van der Waals surface area contributed by atoms with E-state index >= 15 is 0 Å². The molecule has 0 saturated carbocycles. The largest absolute Gasteiger partial charge is 0.386 e. The maximum Gasteiger partial charge on any atom is 0.103 e. The van der Waals surface area contributed by atoms with Gasteiger partial charge in [0.1, 0.15) is 5.60 Å². The second-order valence-electron chi connectivity index (χ2n) is 3.86. The molecule has 1 aromatic rings. The molecule has 2 rings (SSSR count). The highest BCUT2D eigenvalue weighted by Gasteiger charge is 2.40. The number of aliphatic hydroxyl groups is 1. The lowest BCUT2D eigenvalue weighted by Crippen LogP contribution is -2.46. The number of hydrogen-bond donors (Lipinski definition) is 3. The zero-order valence-electron chi connectivity index (χ0n) is 8.69. The first-order valence-electron chi connectivity index (χ1n) is 5.05. The van der Waals surface area contributed by atoms with Gasteiger partial charge in [-0.25, -0.2) is 4.98 Å². The van der Waals surface area contributed by atoms with Gasteiger partial charge in [0.25, 0.3) is 0 Å². The van der Waals surface area contributed by atoms with Gasteiger partial charge in [0.05, 0.1) is 15.3 Å². The van der Waals surface area contributed by atoms with Crippen LogP contribution >= 0.6 is 23.4 Å². The van der Waals surface area contributed by atoms with Crippen molar-refractivity contribution in [3.63, 3.8) is 0 Å². The molecule has 88 valence electrons. The molecule has 1 aliphatic heterocycles. The SMILES string of the molecule is NC[C@@]1(O)CNC[C@@H]1Sc1ccc(Cl)cn1. The molecular formula is C10H14ClN3OS. The highest BCUT2D eigenvalue weighted by atomic mass is 35.5. The molecule has 0 amide bonds. The molecule has 4 nitrogen and oxygen atoms in total. The maximum absolute atomic E-state index is 10.2. The van der Waals surface area contributed by atoms with Crippen LogP contribution in [0, 0.1) is 0 Å². The molecule has 6 heteroatoms. The fraction of sp³-hybridized carbons (Fsp3) is 0.500. The Kier molecular flexibility index (Phi) is 3.71. The third kappa shape index (κ3) is 2.49. The van der Waals surface area contributed by atoms with Gasteiger partial charge in [0.2, 0.25) is 0 Å². The van der Waals surface area contributed by atoms with Crippen LogP contribution in [-0.4, -0.2) is 40.6 Å². The summed E-state index contributed by atoms with van der Waals surface area (Å²) in [5, 5.41) is 14.9. The van der Waals surface area contributed by atoms with Crippen molar-refractivity contribution in [1.82, 2.24) is 10.3 Å². The van der Waals surface area contributed by atoms with E-state index in [4.69, 9.17) is 17.3 Å². The smallest absolute Gasteiger partial charge is 0.103 e. The fourth-order valence-corrected chi connectivity index (χ4v) is 2.92. The number of nitrogens with one attached hydrogen (secondary N) is 1. The minimum Gasteiger partial charge on any atom is -0.386 e. The van der Waals surface area contributed by atoms with Crippen LogP contribution in [0.5, 0.6) is 0 Å². The number of nitrogens with two attached hydrogens (primary N) is 1. The first kappa shape index (κ1) is 12.1. The zero-order valence-corrected chi connectivity index (χ0v) is 10.3. The summed E-state index contributed by atoms with van der Waals surface area (Å²) in [6.45, 7) is 1.53. The Balaban J connectivity index is 2.07. The molecule has 1 saturated heterocycles. The summed E-state index contributed by atoms with van der Waals surface area (Å²) >= 11 is 7.29. The maximum atomic E-state index is 10.2. The highest BCUT2D eigenvalue weighted by molar-refractivity contribution is 8.00. The van der Waals surface area contributed by atoms with Gasteiger partial charge in [-0.05, 0) is 12.1 Å². The molecule has 0 spiro atoms. The van der Waals surface area contributed by atoms with E-state index in [0.717, 1.165) is 11.6 Å². The van der Waals surface area contributed by atoms with E-state index in [0.29, 0.717) is 11.6 Å². The summed E-state index contributed by atoms with van der Waals surface area (Å²) in [4.78, 5) is 4.19. The van der Waals surface area contributed by atoms with Gasteiger partial charge >= 0.3 is 0 Å². The normalized spacial score (nSPS) is 29.6. The Morgan fingerprint density at radius 1 is 1.69 bits per heavy atom. The van der Waals surface area contributed by atoms with Crippen molar-refractivity contribution >= 4 is 23.4 Å². The second kappa shape index (κ2) is 4.89. The van der Waals surface area contributed by atoms with E-state index in [9.17, 15) is 5.11 Å². The monoisotopic (exact) mass is 259 g/mol.